The number of ether oxygens (including phenoxy) is 1. The predicted molar refractivity (Wildman–Crippen MR) is 90.8 cm³/mol. The lowest BCUT2D eigenvalue weighted by Crippen LogP contribution is -2.31. The van der Waals surface area contributed by atoms with Crippen LogP contribution in [0.25, 0.3) is 0 Å². The zero-order valence-corrected chi connectivity index (χ0v) is 14.4. The zero-order valence-electron chi connectivity index (χ0n) is 14.4. The summed E-state index contributed by atoms with van der Waals surface area (Å²) in [6.07, 6.45) is 1.45. The number of carbonyl (C=O) groups is 3. The Morgan fingerprint density at radius 3 is 2.12 bits per heavy atom. The number of fused-ring (bicyclic) bond motifs is 1. The van der Waals surface area contributed by atoms with Crippen molar-refractivity contribution in [2.45, 2.75) is 20.8 Å². The molecule has 1 aliphatic rings. The number of hydrogen-bond acceptors (Lipinski definition) is 4. The van der Waals surface area contributed by atoms with E-state index in [4.69, 9.17) is 4.74 Å². The minimum absolute atomic E-state index is 0.0228. The number of ketones is 2. The van der Waals surface area contributed by atoms with Gasteiger partial charge in [-0.25, -0.2) is 0 Å². The maximum absolute atomic E-state index is 12.7. The second kappa shape index (κ2) is 7.25. The molecule has 0 saturated heterocycles. The van der Waals surface area contributed by atoms with E-state index in [9.17, 15) is 14.4 Å². The number of carbonyl (C=O) groups excluding carboxylic acids is 3. The molecule has 0 spiro atoms. The van der Waals surface area contributed by atoms with Gasteiger partial charge in [0.25, 0.3) is 0 Å². The highest BCUT2D eigenvalue weighted by molar-refractivity contribution is 6.27. The van der Waals surface area contributed by atoms with Crippen molar-refractivity contribution in [3.05, 3.63) is 58.4 Å². The lowest BCUT2D eigenvalue weighted by Gasteiger charge is -2.21. The summed E-state index contributed by atoms with van der Waals surface area (Å²) in [5.41, 5.74) is 1.17. The molecule has 0 unspecified atom stereocenters. The summed E-state index contributed by atoms with van der Waals surface area (Å²) in [4.78, 5) is 39.3. The maximum Gasteiger partial charge on any atom is 0.249 e. The lowest BCUT2D eigenvalue weighted by atomic mass is 9.87. The molecule has 0 atom stereocenters. The number of nitrogens with zero attached hydrogens (tertiary/aromatic N) is 1. The topological polar surface area (TPSA) is 63.7 Å². The predicted octanol–water partition coefficient (Wildman–Crippen LogP) is 2.78. The number of allylic oxidation sites excluding steroid dienone is 3. The quantitative estimate of drug-likeness (QED) is 0.780. The molecular weight excluding hydrogens is 306 g/mol. The fourth-order valence-corrected chi connectivity index (χ4v) is 2.74. The van der Waals surface area contributed by atoms with Crippen LogP contribution in [0.4, 0.5) is 0 Å². The van der Waals surface area contributed by atoms with Gasteiger partial charge in [0.15, 0.2) is 11.5 Å². The summed E-state index contributed by atoms with van der Waals surface area (Å²) in [5, 5.41) is 0. The monoisotopic (exact) mass is 327 g/mol. The summed E-state index contributed by atoms with van der Waals surface area (Å²) >= 11 is 0. The van der Waals surface area contributed by atoms with Crippen molar-refractivity contribution in [1.29, 1.82) is 0 Å². The highest BCUT2D eigenvalue weighted by atomic mass is 16.5. The molecule has 0 radical (unpaired) electrons. The number of hydrogen-bond donors (Lipinski definition) is 0. The Morgan fingerprint density at radius 2 is 1.62 bits per heavy atom. The number of rotatable bonds is 5. The van der Waals surface area contributed by atoms with Gasteiger partial charge >= 0.3 is 0 Å². The smallest absolute Gasteiger partial charge is 0.249 e. The normalized spacial score (nSPS) is 14.6. The second-order valence-corrected chi connectivity index (χ2v) is 5.46. The van der Waals surface area contributed by atoms with E-state index in [1.165, 1.54) is 13.2 Å². The molecule has 0 aliphatic heterocycles. The van der Waals surface area contributed by atoms with E-state index in [1.54, 1.807) is 36.1 Å². The van der Waals surface area contributed by atoms with Crippen LogP contribution >= 0.6 is 0 Å². The molecule has 0 saturated carbocycles. The standard InChI is InChI=1S/C19H21NO4/c1-5-20(6-2)19(23)12(3)11-15-16(21)13-9-7-8-10-14(13)17(22)18(15)24-4/h7-11H,5-6H2,1-4H3. The average Bonchev–Trinajstić information content (AvgIpc) is 2.60. The fraction of sp³-hybridized carbons (Fsp3) is 0.316. The molecule has 0 N–H and O–H groups in total. The van der Waals surface area contributed by atoms with E-state index < -0.39 is 0 Å². The summed E-state index contributed by atoms with van der Waals surface area (Å²) in [5.74, 6) is -0.844. The third-order valence-corrected chi connectivity index (χ3v) is 4.06. The van der Waals surface area contributed by atoms with Crippen LogP contribution < -0.4 is 0 Å². The van der Waals surface area contributed by atoms with Crippen molar-refractivity contribution in [3.63, 3.8) is 0 Å². The van der Waals surface area contributed by atoms with Crippen LogP contribution in [0.2, 0.25) is 0 Å². The molecule has 2 rings (SSSR count). The Balaban J connectivity index is 2.51. The highest BCUT2D eigenvalue weighted by Crippen LogP contribution is 2.28. The average molecular weight is 327 g/mol. The summed E-state index contributed by atoms with van der Waals surface area (Å²) in [6.45, 7) is 6.57. The van der Waals surface area contributed by atoms with Crippen LogP contribution in [0.5, 0.6) is 0 Å². The molecule has 1 amide bonds. The SMILES string of the molecule is CCN(CC)C(=O)C(C)=CC1=C(OC)C(=O)c2ccccc2C1=O. The van der Waals surface area contributed by atoms with Gasteiger partial charge in [0.2, 0.25) is 11.7 Å². The minimum Gasteiger partial charge on any atom is -0.492 e. The molecule has 0 bridgehead atoms. The van der Waals surface area contributed by atoms with Gasteiger partial charge in [-0.1, -0.05) is 24.3 Å². The Bertz CT molecular complexity index is 754. The molecular formula is C19H21NO4. The van der Waals surface area contributed by atoms with Crippen LogP contribution in [0.3, 0.4) is 0 Å². The molecule has 1 aromatic carbocycles. The molecule has 5 heteroatoms. The number of amides is 1. The van der Waals surface area contributed by atoms with Crippen LogP contribution in [0.1, 0.15) is 41.5 Å². The fourth-order valence-electron chi connectivity index (χ4n) is 2.74. The van der Waals surface area contributed by atoms with Crippen molar-refractivity contribution < 1.29 is 19.1 Å². The van der Waals surface area contributed by atoms with Gasteiger partial charge in [-0.3, -0.25) is 14.4 Å². The molecule has 126 valence electrons. The zero-order chi connectivity index (χ0) is 17.9. The number of methoxy groups -OCH3 is 1. The van der Waals surface area contributed by atoms with Crippen molar-refractivity contribution in [1.82, 2.24) is 4.90 Å². The highest BCUT2D eigenvalue weighted by Gasteiger charge is 2.32. The Morgan fingerprint density at radius 1 is 1.08 bits per heavy atom. The first-order chi connectivity index (χ1) is 11.5. The van der Waals surface area contributed by atoms with Crippen molar-refractivity contribution >= 4 is 17.5 Å². The van der Waals surface area contributed by atoms with Crippen molar-refractivity contribution in [2.75, 3.05) is 20.2 Å². The Labute approximate surface area is 141 Å². The van der Waals surface area contributed by atoms with Gasteiger partial charge in [-0.2, -0.15) is 0 Å². The number of benzene rings is 1. The third kappa shape index (κ3) is 3.02. The van der Waals surface area contributed by atoms with Gasteiger partial charge in [-0.05, 0) is 26.8 Å². The van der Waals surface area contributed by atoms with Gasteiger partial charge in [-0.15, -0.1) is 0 Å². The van der Waals surface area contributed by atoms with Gasteiger partial charge < -0.3 is 9.64 Å². The first-order valence-electron chi connectivity index (χ1n) is 7.90. The second-order valence-electron chi connectivity index (χ2n) is 5.46. The van der Waals surface area contributed by atoms with Crippen molar-refractivity contribution in [2.24, 2.45) is 0 Å². The summed E-state index contributed by atoms with van der Waals surface area (Å²) in [7, 11) is 1.35. The summed E-state index contributed by atoms with van der Waals surface area (Å²) < 4.78 is 5.18. The van der Waals surface area contributed by atoms with Gasteiger partial charge in [0, 0.05) is 29.8 Å². The van der Waals surface area contributed by atoms with E-state index in [0.717, 1.165) is 0 Å². The third-order valence-electron chi connectivity index (χ3n) is 4.06. The number of likely N-dealkylation sites (N-methyl/N-ethyl adjacent to an activating group) is 1. The summed E-state index contributed by atoms with van der Waals surface area (Å²) in [6, 6.07) is 6.62. The molecule has 0 aromatic heterocycles. The van der Waals surface area contributed by atoms with Crippen LogP contribution in [-0.4, -0.2) is 42.6 Å². The van der Waals surface area contributed by atoms with Crippen LogP contribution in [0, 0.1) is 0 Å². The van der Waals surface area contributed by atoms with E-state index in [1.807, 2.05) is 13.8 Å². The molecule has 24 heavy (non-hydrogen) atoms. The minimum atomic E-state index is -0.345. The first kappa shape index (κ1) is 17.7. The van der Waals surface area contributed by atoms with Crippen LogP contribution in [0.15, 0.2) is 47.2 Å². The molecule has 0 heterocycles. The molecule has 1 aliphatic carbocycles. The van der Waals surface area contributed by atoms with E-state index >= 15 is 0 Å². The largest absolute Gasteiger partial charge is 0.492 e. The Hall–Kier alpha value is -2.69. The Kier molecular flexibility index (Phi) is 5.34. The number of Topliss-reactive ketones (excluding diaryl/α,β-unsaturated/α-hetero) is 2. The maximum atomic E-state index is 12.7. The van der Waals surface area contributed by atoms with Gasteiger partial charge in [0.1, 0.15) is 0 Å². The van der Waals surface area contributed by atoms with Gasteiger partial charge in [0.05, 0.1) is 12.7 Å². The van der Waals surface area contributed by atoms with Crippen LogP contribution in [-0.2, 0) is 9.53 Å². The van der Waals surface area contributed by atoms with Crippen molar-refractivity contribution in [3.8, 4) is 0 Å². The first-order valence-corrected chi connectivity index (χ1v) is 7.90. The molecule has 1 aromatic rings. The van der Waals surface area contributed by atoms with E-state index in [2.05, 4.69) is 0 Å². The molecule has 5 nitrogen and oxygen atoms in total. The van der Waals surface area contributed by atoms with E-state index in [-0.39, 0.29) is 28.8 Å². The molecule has 0 fully saturated rings. The lowest BCUT2D eigenvalue weighted by molar-refractivity contribution is -0.126. The van der Waals surface area contributed by atoms with E-state index in [0.29, 0.717) is 29.8 Å².